The zero-order valence-corrected chi connectivity index (χ0v) is 11.3. The lowest BCUT2D eigenvalue weighted by molar-refractivity contribution is -0.402. The molecule has 2 rings (SSSR count). The number of nitrogens with zero attached hydrogens (tertiary/aromatic N) is 2. The molecular weight excluding hydrogens is 296 g/mol. The number of hydrogen-bond donors (Lipinski definition) is 0. The van der Waals surface area contributed by atoms with Gasteiger partial charge in [-0.1, -0.05) is 18.2 Å². The van der Waals surface area contributed by atoms with Crippen molar-refractivity contribution >= 4 is 21.8 Å². The van der Waals surface area contributed by atoms with Gasteiger partial charge in [0.2, 0.25) is 9.84 Å². The van der Waals surface area contributed by atoms with Gasteiger partial charge in [0.1, 0.15) is 16.8 Å². The summed E-state index contributed by atoms with van der Waals surface area (Å²) in [6.07, 6.45) is 0.954. The van der Waals surface area contributed by atoms with E-state index in [0.717, 1.165) is 12.1 Å². The first-order chi connectivity index (χ1) is 9.95. The SMILES string of the molecule is N#C/C(=C\c1ccc([N+](=O)[O-])o1)S(=O)(=O)c1ccccc1. The molecule has 0 unspecified atom stereocenters. The van der Waals surface area contributed by atoms with E-state index in [0.29, 0.717) is 0 Å². The van der Waals surface area contributed by atoms with Crippen molar-refractivity contribution in [2.75, 3.05) is 0 Å². The van der Waals surface area contributed by atoms with Crippen molar-refractivity contribution in [2.45, 2.75) is 4.90 Å². The van der Waals surface area contributed by atoms with Crippen LogP contribution in [0.5, 0.6) is 0 Å². The average molecular weight is 304 g/mol. The lowest BCUT2D eigenvalue weighted by Gasteiger charge is -2.01. The molecule has 0 spiro atoms. The van der Waals surface area contributed by atoms with Gasteiger partial charge in [0.15, 0.2) is 4.91 Å². The monoisotopic (exact) mass is 304 g/mol. The van der Waals surface area contributed by atoms with Crippen molar-refractivity contribution in [2.24, 2.45) is 0 Å². The van der Waals surface area contributed by atoms with E-state index in [1.165, 1.54) is 30.3 Å². The van der Waals surface area contributed by atoms with Crippen molar-refractivity contribution in [3.05, 3.63) is 63.2 Å². The Morgan fingerprint density at radius 1 is 1.24 bits per heavy atom. The molecule has 0 atom stereocenters. The zero-order valence-electron chi connectivity index (χ0n) is 10.5. The Kier molecular flexibility index (Phi) is 3.86. The van der Waals surface area contributed by atoms with E-state index in [4.69, 9.17) is 9.68 Å². The summed E-state index contributed by atoms with van der Waals surface area (Å²) in [4.78, 5) is 9.14. The van der Waals surface area contributed by atoms with Crippen LogP contribution in [0, 0.1) is 21.4 Å². The molecule has 2 aromatic rings. The highest BCUT2D eigenvalue weighted by molar-refractivity contribution is 7.95. The number of sulfone groups is 1. The fraction of sp³-hybridized carbons (Fsp3) is 0. The maximum atomic E-state index is 12.2. The summed E-state index contributed by atoms with van der Waals surface area (Å²) >= 11 is 0. The van der Waals surface area contributed by atoms with E-state index in [2.05, 4.69) is 0 Å². The molecule has 106 valence electrons. The van der Waals surface area contributed by atoms with Crippen LogP contribution in [0.1, 0.15) is 5.76 Å². The van der Waals surface area contributed by atoms with Gasteiger partial charge in [0.25, 0.3) is 0 Å². The predicted molar refractivity (Wildman–Crippen MR) is 72.6 cm³/mol. The largest absolute Gasteiger partial charge is 0.433 e. The summed E-state index contributed by atoms with van der Waals surface area (Å²) < 4.78 is 29.3. The molecule has 0 aliphatic carbocycles. The Balaban J connectivity index is 2.46. The molecule has 0 aliphatic rings. The van der Waals surface area contributed by atoms with Crippen LogP contribution in [0.3, 0.4) is 0 Å². The summed E-state index contributed by atoms with van der Waals surface area (Å²) in [5.41, 5.74) is 0. The number of rotatable bonds is 4. The van der Waals surface area contributed by atoms with Crippen molar-refractivity contribution in [3.8, 4) is 6.07 Å². The number of hydrogen-bond acceptors (Lipinski definition) is 6. The van der Waals surface area contributed by atoms with Crippen molar-refractivity contribution in [1.82, 2.24) is 0 Å². The third-order valence-corrected chi connectivity index (χ3v) is 4.20. The minimum atomic E-state index is -3.99. The number of furan rings is 1. The van der Waals surface area contributed by atoms with Gasteiger partial charge in [0, 0.05) is 6.08 Å². The molecule has 7 nitrogen and oxygen atoms in total. The average Bonchev–Trinajstić information content (AvgIpc) is 2.94. The number of nitriles is 1. The van der Waals surface area contributed by atoms with Crippen molar-refractivity contribution < 1.29 is 17.8 Å². The standard InChI is InChI=1S/C13H8N2O5S/c14-9-12(8-10-6-7-13(20-10)15(16)17)21(18,19)11-4-2-1-3-5-11/h1-8H/b12-8+. The molecule has 0 saturated carbocycles. The second-order valence-electron chi connectivity index (χ2n) is 3.87. The summed E-state index contributed by atoms with van der Waals surface area (Å²) in [6, 6.07) is 11.3. The van der Waals surface area contributed by atoms with E-state index in [1.807, 2.05) is 0 Å². The quantitative estimate of drug-likeness (QED) is 0.487. The van der Waals surface area contributed by atoms with Gasteiger partial charge < -0.3 is 4.42 Å². The minimum absolute atomic E-state index is 0.0427. The van der Waals surface area contributed by atoms with Gasteiger partial charge in [-0.25, -0.2) is 8.42 Å². The second-order valence-corrected chi connectivity index (χ2v) is 5.79. The third-order valence-electron chi connectivity index (χ3n) is 2.52. The van der Waals surface area contributed by atoms with Crippen LogP contribution in [0.2, 0.25) is 0 Å². The van der Waals surface area contributed by atoms with Gasteiger partial charge in [-0.3, -0.25) is 10.1 Å². The molecule has 0 saturated heterocycles. The summed E-state index contributed by atoms with van der Waals surface area (Å²) in [5.74, 6) is -0.617. The zero-order chi connectivity index (χ0) is 15.5. The highest BCUT2D eigenvalue weighted by Crippen LogP contribution is 2.23. The fourth-order valence-corrected chi connectivity index (χ4v) is 2.70. The Labute approximate surface area is 119 Å². The molecule has 0 bridgehead atoms. The molecule has 1 aromatic carbocycles. The molecule has 8 heteroatoms. The van der Waals surface area contributed by atoms with Crippen LogP contribution in [0.25, 0.3) is 6.08 Å². The maximum Gasteiger partial charge on any atom is 0.433 e. The first-order valence-corrected chi connectivity index (χ1v) is 7.09. The number of benzene rings is 1. The van der Waals surface area contributed by atoms with Crippen LogP contribution < -0.4 is 0 Å². The van der Waals surface area contributed by atoms with Gasteiger partial charge >= 0.3 is 5.88 Å². The molecule has 0 fully saturated rings. The summed E-state index contributed by atoms with van der Waals surface area (Å²) in [7, 11) is -3.99. The molecule has 0 radical (unpaired) electrons. The molecule has 1 heterocycles. The van der Waals surface area contributed by atoms with Crippen LogP contribution in [0.15, 0.2) is 56.7 Å². The van der Waals surface area contributed by atoms with Gasteiger partial charge in [-0.2, -0.15) is 5.26 Å². The summed E-state index contributed by atoms with van der Waals surface area (Å²) in [6.45, 7) is 0. The lowest BCUT2D eigenvalue weighted by atomic mass is 10.4. The molecular formula is C13H8N2O5S. The van der Waals surface area contributed by atoms with Crippen LogP contribution in [-0.4, -0.2) is 13.3 Å². The van der Waals surface area contributed by atoms with E-state index in [1.54, 1.807) is 12.1 Å². The second kappa shape index (κ2) is 5.60. The molecule has 0 amide bonds. The Bertz CT molecular complexity index is 844. The van der Waals surface area contributed by atoms with Crippen LogP contribution >= 0.6 is 0 Å². The first-order valence-electron chi connectivity index (χ1n) is 5.61. The molecule has 1 aromatic heterocycles. The highest BCUT2D eigenvalue weighted by Gasteiger charge is 2.21. The van der Waals surface area contributed by atoms with Crippen molar-refractivity contribution in [1.29, 1.82) is 5.26 Å². The fourth-order valence-electron chi connectivity index (χ4n) is 1.54. The van der Waals surface area contributed by atoms with E-state index in [9.17, 15) is 18.5 Å². The summed E-state index contributed by atoms with van der Waals surface area (Å²) in [5, 5.41) is 19.5. The van der Waals surface area contributed by atoms with Gasteiger partial charge in [-0.05, 0) is 18.2 Å². The molecule has 21 heavy (non-hydrogen) atoms. The number of allylic oxidation sites excluding steroid dienone is 1. The Morgan fingerprint density at radius 3 is 2.43 bits per heavy atom. The number of nitro groups is 1. The van der Waals surface area contributed by atoms with E-state index < -0.39 is 25.5 Å². The normalized spacial score (nSPS) is 11.9. The van der Waals surface area contributed by atoms with Gasteiger partial charge in [-0.15, -0.1) is 0 Å². The van der Waals surface area contributed by atoms with E-state index >= 15 is 0 Å². The van der Waals surface area contributed by atoms with Crippen LogP contribution in [0.4, 0.5) is 5.88 Å². The smallest absolute Gasteiger partial charge is 0.401 e. The maximum absolute atomic E-state index is 12.2. The minimum Gasteiger partial charge on any atom is -0.401 e. The van der Waals surface area contributed by atoms with Gasteiger partial charge in [0.05, 0.1) is 11.0 Å². The van der Waals surface area contributed by atoms with Crippen molar-refractivity contribution in [3.63, 3.8) is 0 Å². The van der Waals surface area contributed by atoms with Crippen LogP contribution in [-0.2, 0) is 9.84 Å². The van der Waals surface area contributed by atoms with E-state index in [-0.39, 0.29) is 10.7 Å². The first kappa shape index (κ1) is 14.5. The lowest BCUT2D eigenvalue weighted by Crippen LogP contribution is -2.03. The molecule has 0 aliphatic heterocycles. The Hall–Kier alpha value is -2.92. The topological polar surface area (TPSA) is 114 Å². The Morgan fingerprint density at radius 2 is 1.90 bits per heavy atom. The molecule has 0 N–H and O–H groups in total. The predicted octanol–water partition coefficient (Wildman–Crippen LogP) is 2.53. The highest BCUT2D eigenvalue weighted by atomic mass is 32.2. The third kappa shape index (κ3) is 2.98.